The Morgan fingerprint density at radius 2 is 1.75 bits per heavy atom. The molecule has 1 saturated heterocycles. The van der Waals surface area contributed by atoms with Gasteiger partial charge in [0.2, 0.25) is 11.8 Å². The van der Waals surface area contributed by atoms with E-state index < -0.39 is 26.8 Å². The first kappa shape index (κ1) is 26.2. The van der Waals surface area contributed by atoms with E-state index in [0.29, 0.717) is 35.4 Å². The average molecular weight is 538 g/mol. The van der Waals surface area contributed by atoms with Gasteiger partial charge in [0, 0.05) is 24.9 Å². The Kier molecular flexibility index (Phi) is 8.00. The molecule has 4 heterocycles. The van der Waals surface area contributed by atoms with Crippen LogP contribution in [0.5, 0.6) is 11.8 Å². The summed E-state index contributed by atoms with van der Waals surface area (Å²) >= 11 is 5.88. The normalized spacial score (nSPS) is 18.0. The number of sulfone groups is 1. The molecule has 0 bridgehead atoms. The summed E-state index contributed by atoms with van der Waals surface area (Å²) < 4.78 is 45.6. The highest BCUT2D eigenvalue weighted by Gasteiger charge is 2.34. The minimum absolute atomic E-state index is 0.168. The van der Waals surface area contributed by atoms with Crippen molar-refractivity contribution in [2.75, 3.05) is 20.8 Å². The summed E-state index contributed by atoms with van der Waals surface area (Å²) in [6.45, 7) is 3.95. The van der Waals surface area contributed by atoms with Gasteiger partial charge in [-0.25, -0.2) is 18.4 Å². The third-order valence-electron chi connectivity index (χ3n) is 6.24. The Morgan fingerprint density at radius 3 is 2.33 bits per heavy atom. The highest BCUT2D eigenvalue weighted by molar-refractivity contribution is 7.91. The van der Waals surface area contributed by atoms with Gasteiger partial charge in [0.15, 0.2) is 27.2 Å². The zero-order valence-corrected chi connectivity index (χ0v) is 22.0. The molecule has 0 radical (unpaired) electrons. The number of nitrogens with zero attached hydrogens (tertiary/aromatic N) is 7. The van der Waals surface area contributed by atoms with Crippen LogP contribution in [0.1, 0.15) is 62.6 Å². The van der Waals surface area contributed by atoms with Crippen LogP contribution < -0.4 is 9.47 Å². The van der Waals surface area contributed by atoms with Gasteiger partial charge >= 0.3 is 0 Å². The van der Waals surface area contributed by atoms with Crippen molar-refractivity contribution < 1.29 is 22.6 Å². The summed E-state index contributed by atoms with van der Waals surface area (Å²) in [4.78, 5) is 16.8. The van der Waals surface area contributed by atoms with E-state index in [4.69, 9.17) is 25.8 Å². The molecule has 0 aromatic carbocycles. The quantitative estimate of drug-likeness (QED) is 0.397. The summed E-state index contributed by atoms with van der Waals surface area (Å²) in [5.41, 5.74) is 0.309. The van der Waals surface area contributed by atoms with Crippen molar-refractivity contribution in [1.82, 2.24) is 34.7 Å². The molecular formula is C22H28ClN7O5S. The topological polar surface area (TPSA) is 144 Å². The molecule has 36 heavy (non-hydrogen) atoms. The number of ether oxygens (including phenoxy) is 3. The SMILES string of the molecule is COc1ncnc(OC)c1-n1c(CS(=O)(=O)[C@@H](C)[C@H](C)c2ncc(Cl)cn2)nnc1[C@H]1CCCCO1. The van der Waals surface area contributed by atoms with E-state index in [1.807, 2.05) is 0 Å². The van der Waals surface area contributed by atoms with Crippen LogP contribution in [0.25, 0.3) is 5.69 Å². The van der Waals surface area contributed by atoms with Crippen molar-refractivity contribution in [3.05, 3.63) is 41.2 Å². The lowest BCUT2D eigenvalue weighted by atomic mass is 10.1. The fourth-order valence-corrected chi connectivity index (χ4v) is 5.70. The molecule has 0 amide bonds. The lowest BCUT2D eigenvalue weighted by molar-refractivity contribution is 0.00826. The highest BCUT2D eigenvalue weighted by atomic mass is 35.5. The molecule has 0 unspecified atom stereocenters. The molecule has 14 heteroatoms. The Morgan fingerprint density at radius 1 is 1.08 bits per heavy atom. The van der Waals surface area contributed by atoms with Gasteiger partial charge in [0.25, 0.3) is 0 Å². The van der Waals surface area contributed by atoms with Gasteiger partial charge in [-0.15, -0.1) is 10.2 Å². The van der Waals surface area contributed by atoms with Crippen LogP contribution in [0.2, 0.25) is 5.02 Å². The monoisotopic (exact) mass is 537 g/mol. The van der Waals surface area contributed by atoms with Crippen LogP contribution in [0.15, 0.2) is 18.7 Å². The molecule has 1 aliphatic heterocycles. The third kappa shape index (κ3) is 5.27. The molecular weight excluding hydrogens is 510 g/mol. The Balaban J connectivity index is 1.77. The maximum absolute atomic E-state index is 13.6. The second-order valence-corrected chi connectivity index (χ2v) is 11.3. The van der Waals surface area contributed by atoms with Gasteiger partial charge in [0.1, 0.15) is 24.0 Å². The number of hydrogen-bond donors (Lipinski definition) is 0. The molecule has 4 rings (SSSR count). The first-order chi connectivity index (χ1) is 17.3. The van der Waals surface area contributed by atoms with Crippen molar-refractivity contribution in [3.8, 4) is 17.4 Å². The van der Waals surface area contributed by atoms with Crippen LogP contribution in [0, 0.1) is 0 Å². The van der Waals surface area contributed by atoms with Gasteiger partial charge < -0.3 is 14.2 Å². The molecule has 0 spiro atoms. The molecule has 0 saturated carbocycles. The molecule has 1 fully saturated rings. The van der Waals surface area contributed by atoms with E-state index in [9.17, 15) is 8.42 Å². The summed E-state index contributed by atoms with van der Waals surface area (Å²) in [5.74, 6) is 0.464. The van der Waals surface area contributed by atoms with Gasteiger partial charge in [0.05, 0.1) is 24.5 Å². The number of aromatic nitrogens is 7. The van der Waals surface area contributed by atoms with E-state index in [2.05, 4.69) is 30.1 Å². The van der Waals surface area contributed by atoms with E-state index in [0.717, 1.165) is 12.8 Å². The minimum Gasteiger partial charge on any atom is -0.479 e. The zero-order chi connectivity index (χ0) is 25.9. The second kappa shape index (κ2) is 11.0. The molecule has 1 aliphatic rings. The van der Waals surface area contributed by atoms with E-state index in [1.165, 1.54) is 32.9 Å². The molecule has 12 nitrogen and oxygen atoms in total. The highest BCUT2D eigenvalue weighted by Crippen LogP contribution is 2.36. The van der Waals surface area contributed by atoms with Crippen LogP contribution in [-0.4, -0.2) is 69.2 Å². The van der Waals surface area contributed by atoms with Crippen molar-refractivity contribution in [3.63, 3.8) is 0 Å². The van der Waals surface area contributed by atoms with Crippen LogP contribution in [-0.2, 0) is 20.3 Å². The zero-order valence-electron chi connectivity index (χ0n) is 20.5. The van der Waals surface area contributed by atoms with E-state index >= 15 is 0 Å². The van der Waals surface area contributed by atoms with E-state index in [-0.39, 0.29) is 23.7 Å². The van der Waals surface area contributed by atoms with Crippen molar-refractivity contribution in [1.29, 1.82) is 0 Å². The average Bonchev–Trinajstić information content (AvgIpc) is 3.30. The number of halogens is 1. The van der Waals surface area contributed by atoms with Crippen LogP contribution in [0.3, 0.4) is 0 Å². The fraction of sp³-hybridized carbons (Fsp3) is 0.545. The predicted octanol–water partition coefficient (Wildman–Crippen LogP) is 2.87. The van der Waals surface area contributed by atoms with Gasteiger partial charge in [-0.1, -0.05) is 18.5 Å². The first-order valence-corrected chi connectivity index (χ1v) is 13.5. The number of rotatable bonds is 9. The molecule has 3 atom stereocenters. The lowest BCUT2D eigenvalue weighted by Gasteiger charge is -2.24. The van der Waals surface area contributed by atoms with Crippen LogP contribution in [0.4, 0.5) is 0 Å². The molecule has 0 N–H and O–H groups in total. The maximum Gasteiger partial charge on any atom is 0.245 e. The molecule has 3 aromatic rings. The molecule has 194 valence electrons. The fourth-order valence-electron chi connectivity index (χ4n) is 4.05. The first-order valence-electron chi connectivity index (χ1n) is 11.4. The largest absolute Gasteiger partial charge is 0.479 e. The standard InChI is InChI=1S/C22H28ClN7O5S/c1-13(19-24-9-15(23)10-25-19)14(2)36(31,32)11-17-28-29-20(16-7-5-6-8-35-16)30(17)18-21(33-3)26-12-27-22(18)34-4/h9-10,12-14,16H,5-8,11H2,1-4H3/t13-,14-,16+/m0/s1. The summed E-state index contributed by atoms with van der Waals surface area (Å²) in [5, 5.41) is 8.16. The molecule has 3 aromatic heterocycles. The number of hydrogen-bond acceptors (Lipinski definition) is 11. The Hall–Kier alpha value is -2.90. The van der Waals surface area contributed by atoms with Gasteiger partial charge in [-0.3, -0.25) is 4.57 Å². The van der Waals surface area contributed by atoms with Gasteiger partial charge in [-0.2, -0.15) is 9.97 Å². The van der Waals surface area contributed by atoms with Crippen molar-refractivity contribution in [2.24, 2.45) is 0 Å². The van der Waals surface area contributed by atoms with Gasteiger partial charge in [-0.05, 0) is 26.2 Å². The lowest BCUT2D eigenvalue weighted by Crippen LogP contribution is -2.28. The van der Waals surface area contributed by atoms with Crippen molar-refractivity contribution >= 4 is 21.4 Å². The second-order valence-electron chi connectivity index (χ2n) is 8.47. The summed E-state index contributed by atoms with van der Waals surface area (Å²) in [7, 11) is -0.843. The maximum atomic E-state index is 13.6. The summed E-state index contributed by atoms with van der Waals surface area (Å²) in [6, 6.07) is 0. The minimum atomic E-state index is -3.76. The van der Waals surface area contributed by atoms with Crippen LogP contribution >= 0.6 is 11.6 Å². The van der Waals surface area contributed by atoms with E-state index in [1.54, 1.807) is 18.4 Å². The summed E-state index contributed by atoms with van der Waals surface area (Å²) in [6.07, 6.45) is 6.41. The van der Waals surface area contributed by atoms with Crippen molar-refractivity contribution in [2.45, 2.75) is 56.1 Å². The third-order valence-corrected chi connectivity index (χ3v) is 8.63. The Labute approximate surface area is 214 Å². The molecule has 0 aliphatic carbocycles. The smallest absolute Gasteiger partial charge is 0.245 e. The Bertz CT molecular complexity index is 1270. The predicted molar refractivity (Wildman–Crippen MR) is 130 cm³/mol. The number of methoxy groups -OCH3 is 2.